The second-order valence-electron chi connectivity index (χ2n) is 7.46. The topological polar surface area (TPSA) is 53.7 Å². The number of hydrogen-bond donors (Lipinski definition) is 0. The standard InChI is InChI=1S/C25H24FN5/c1-4-11-27-14-17(2)23-15-31(3)16-24(29-23)20-13-22(19-8-5-6-10-21(19)26)30-25-18(20)9-7-12-28-25/h5-10,12-14,16H,2,4,11,15H2,1,3H3/b27-14-. The summed E-state index contributed by atoms with van der Waals surface area (Å²) in [6.45, 7) is 7.63. The summed E-state index contributed by atoms with van der Waals surface area (Å²) in [6.07, 6.45) is 6.44. The summed E-state index contributed by atoms with van der Waals surface area (Å²) >= 11 is 0. The van der Waals surface area contributed by atoms with Crippen LogP contribution in [0.2, 0.25) is 0 Å². The number of nitrogens with zero attached hydrogens (tertiary/aromatic N) is 5. The third kappa shape index (κ3) is 4.43. The Bertz CT molecular complexity index is 1230. The van der Waals surface area contributed by atoms with Gasteiger partial charge in [0.1, 0.15) is 5.82 Å². The number of aliphatic imine (C=N–C) groups is 2. The van der Waals surface area contributed by atoms with Crippen molar-refractivity contribution < 1.29 is 4.39 Å². The predicted octanol–water partition coefficient (Wildman–Crippen LogP) is 5.16. The fraction of sp³-hybridized carbons (Fsp3) is 0.200. The van der Waals surface area contributed by atoms with E-state index in [4.69, 9.17) is 4.99 Å². The second-order valence-corrected chi connectivity index (χ2v) is 7.46. The molecular weight excluding hydrogens is 389 g/mol. The average molecular weight is 414 g/mol. The van der Waals surface area contributed by atoms with E-state index in [1.807, 2.05) is 31.4 Å². The normalized spacial score (nSPS) is 14.1. The molecule has 0 radical (unpaired) electrons. The Labute approximate surface area is 181 Å². The number of rotatable bonds is 6. The molecule has 0 fully saturated rings. The highest BCUT2D eigenvalue weighted by atomic mass is 19.1. The molecule has 3 heterocycles. The first-order valence-corrected chi connectivity index (χ1v) is 10.3. The first kappa shape index (κ1) is 20.6. The average Bonchev–Trinajstić information content (AvgIpc) is 2.78. The van der Waals surface area contributed by atoms with Crippen molar-refractivity contribution in [2.75, 3.05) is 20.1 Å². The van der Waals surface area contributed by atoms with Crippen molar-refractivity contribution in [1.29, 1.82) is 0 Å². The molecule has 1 aliphatic rings. The molecule has 0 aliphatic carbocycles. The number of fused-ring (bicyclic) bond motifs is 1. The SMILES string of the molecule is C=C(/C=N\CCC)C1=NC(c2cc(-c3ccccc3F)nc3ncccc23)=CN(C)C1. The lowest BCUT2D eigenvalue weighted by atomic mass is 10.0. The Balaban J connectivity index is 1.84. The van der Waals surface area contributed by atoms with Gasteiger partial charge >= 0.3 is 0 Å². The van der Waals surface area contributed by atoms with Crippen LogP contribution in [0.5, 0.6) is 0 Å². The molecule has 0 atom stereocenters. The van der Waals surface area contributed by atoms with Crippen molar-refractivity contribution in [3.05, 3.63) is 78.4 Å². The predicted molar refractivity (Wildman–Crippen MR) is 126 cm³/mol. The first-order valence-electron chi connectivity index (χ1n) is 10.3. The molecule has 156 valence electrons. The molecule has 0 saturated heterocycles. The van der Waals surface area contributed by atoms with Gasteiger partial charge in [-0.05, 0) is 36.8 Å². The smallest absolute Gasteiger partial charge is 0.160 e. The van der Waals surface area contributed by atoms with Gasteiger partial charge in [0.15, 0.2) is 5.65 Å². The minimum atomic E-state index is -0.323. The van der Waals surface area contributed by atoms with Crippen molar-refractivity contribution in [2.45, 2.75) is 13.3 Å². The lowest BCUT2D eigenvalue weighted by molar-refractivity contribution is 0.520. The van der Waals surface area contributed by atoms with E-state index >= 15 is 0 Å². The maximum atomic E-state index is 14.5. The maximum Gasteiger partial charge on any atom is 0.160 e. The van der Waals surface area contributed by atoms with Gasteiger partial charge in [-0.3, -0.25) is 4.99 Å². The Hall–Kier alpha value is -3.67. The summed E-state index contributed by atoms with van der Waals surface area (Å²) < 4.78 is 14.5. The monoisotopic (exact) mass is 413 g/mol. The van der Waals surface area contributed by atoms with Crippen LogP contribution in [0.1, 0.15) is 18.9 Å². The van der Waals surface area contributed by atoms with E-state index in [9.17, 15) is 4.39 Å². The summed E-state index contributed by atoms with van der Waals surface area (Å²) in [5.41, 5.74) is 4.74. The van der Waals surface area contributed by atoms with E-state index in [1.165, 1.54) is 6.07 Å². The summed E-state index contributed by atoms with van der Waals surface area (Å²) in [7, 11) is 1.99. The number of aromatic nitrogens is 2. The molecule has 1 aliphatic heterocycles. The van der Waals surface area contributed by atoms with Crippen LogP contribution in [-0.4, -0.2) is 46.9 Å². The number of benzene rings is 1. The number of pyridine rings is 2. The zero-order chi connectivity index (χ0) is 21.8. The third-order valence-corrected chi connectivity index (χ3v) is 4.98. The first-order chi connectivity index (χ1) is 15.1. The van der Waals surface area contributed by atoms with Crippen molar-refractivity contribution in [1.82, 2.24) is 14.9 Å². The summed E-state index contributed by atoms with van der Waals surface area (Å²) in [5, 5.41) is 0.859. The van der Waals surface area contributed by atoms with Crippen LogP contribution in [0.25, 0.3) is 28.0 Å². The highest BCUT2D eigenvalue weighted by molar-refractivity contribution is 6.18. The van der Waals surface area contributed by atoms with E-state index in [0.29, 0.717) is 23.4 Å². The Morgan fingerprint density at radius 2 is 2.06 bits per heavy atom. The largest absolute Gasteiger partial charge is 0.373 e. The highest BCUT2D eigenvalue weighted by Crippen LogP contribution is 2.31. The van der Waals surface area contributed by atoms with Gasteiger partial charge in [0, 0.05) is 54.3 Å². The molecule has 0 amide bonds. The Morgan fingerprint density at radius 1 is 1.23 bits per heavy atom. The second kappa shape index (κ2) is 9.00. The Morgan fingerprint density at radius 3 is 2.87 bits per heavy atom. The molecule has 31 heavy (non-hydrogen) atoms. The van der Waals surface area contributed by atoms with Crippen LogP contribution in [0.15, 0.2) is 77.0 Å². The molecule has 6 heteroatoms. The molecule has 2 aromatic heterocycles. The molecule has 0 bridgehead atoms. The van der Waals surface area contributed by atoms with Crippen LogP contribution >= 0.6 is 0 Å². The van der Waals surface area contributed by atoms with Gasteiger partial charge < -0.3 is 4.90 Å². The van der Waals surface area contributed by atoms with E-state index in [1.54, 1.807) is 30.6 Å². The van der Waals surface area contributed by atoms with Crippen LogP contribution in [0, 0.1) is 5.82 Å². The zero-order valence-electron chi connectivity index (χ0n) is 17.7. The van der Waals surface area contributed by atoms with Gasteiger partial charge in [0.2, 0.25) is 0 Å². The number of halogens is 1. The van der Waals surface area contributed by atoms with Gasteiger partial charge in [-0.1, -0.05) is 25.6 Å². The minimum Gasteiger partial charge on any atom is -0.373 e. The molecule has 0 unspecified atom stereocenters. The minimum absolute atomic E-state index is 0.323. The van der Waals surface area contributed by atoms with Gasteiger partial charge in [0.05, 0.1) is 23.6 Å². The maximum absolute atomic E-state index is 14.5. The lowest BCUT2D eigenvalue weighted by Crippen LogP contribution is -2.26. The zero-order valence-corrected chi connectivity index (χ0v) is 17.7. The van der Waals surface area contributed by atoms with Crippen molar-refractivity contribution in [3.63, 3.8) is 0 Å². The van der Waals surface area contributed by atoms with Crippen molar-refractivity contribution in [3.8, 4) is 11.3 Å². The summed E-state index contributed by atoms with van der Waals surface area (Å²) in [6, 6.07) is 12.3. The van der Waals surface area contributed by atoms with Crippen molar-refractivity contribution in [2.24, 2.45) is 9.98 Å². The quantitative estimate of drug-likeness (QED) is 0.525. The Kier molecular flexibility index (Phi) is 5.98. The summed E-state index contributed by atoms with van der Waals surface area (Å²) in [4.78, 5) is 20.4. The van der Waals surface area contributed by atoms with E-state index in [0.717, 1.165) is 40.9 Å². The van der Waals surface area contributed by atoms with E-state index in [2.05, 4.69) is 33.4 Å². The molecule has 4 rings (SSSR count). The van der Waals surface area contributed by atoms with Gasteiger partial charge in [-0.15, -0.1) is 0 Å². The molecular formula is C25H24FN5. The molecule has 3 aromatic rings. The fourth-order valence-electron chi connectivity index (χ4n) is 3.46. The fourth-order valence-corrected chi connectivity index (χ4v) is 3.46. The van der Waals surface area contributed by atoms with Gasteiger partial charge in [-0.2, -0.15) is 0 Å². The molecule has 1 aromatic carbocycles. The van der Waals surface area contributed by atoms with Crippen LogP contribution in [0.3, 0.4) is 0 Å². The van der Waals surface area contributed by atoms with E-state index < -0.39 is 0 Å². The molecule has 0 saturated carbocycles. The highest BCUT2D eigenvalue weighted by Gasteiger charge is 2.18. The van der Waals surface area contributed by atoms with Crippen LogP contribution in [-0.2, 0) is 0 Å². The molecule has 0 N–H and O–H groups in total. The third-order valence-electron chi connectivity index (χ3n) is 4.98. The lowest BCUT2D eigenvalue weighted by Gasteiger charge is -2.23. The molecule has 0 spiro atoms. The van der Waals surface area contributed by atoms with Gasteiger partial charge in [-0.25, -0.2) is 19.4 Å². The van der Waals surface area contributed by atoms with Gasteiger partial charge in [0.25, 0.3) is 0 Å². The summed E-state index contributed by atoms with van der Waals surface area (Å²) in [5.74, 6) is -0.323. The van der Waals surface area contributed by atoms with Crippen LogP contribution < -0.4 is 0 Å². The van der Waals surface area contributed by atoms with Crippen molar-refractivity contribution >= 4 is 28.7 Å². The number of hydrogen-bond acceptors (Lipinski definition) is 5. The van der Waals surface area contributed by atoms with E-state index in [-0.39, 0.29) is 5.82 Å². The van der Waals surface area contributed by atoms with Crippen LogP contribution in [0.4, 0.5) is 4.39 Å². The molecule has 5 nitrogen and oxygen atoms in total.